The van der Waals surface area contributed by atoms with Crippen molar-refractivity contribution < 1.29 is 20.1 Å². The number of benzene rings is 2. The molecule has 0 aromatic heterocycles. The van der Waals surface area contributed by atoms with Gasteiger partial charge in [0, 0.05) is 5.69 Å². The van der Waals surface area contributed by atoms with Crippen LogP contribution in [0.2, 0.25) is 0 Å². The van der Waals surface area contributed by atoms with Crippen molar-refractivity contribution in [3.05, 3.63) is 54.6 Å². The van der Waals surface area contributed by atoms with Gasteiger partial charge in [0.05, 0.1) is 17.5 Å². The van der Waals surface area contributed by atoms with Crippen molar-refractivity contribution in [2.45, 2.75) is 37.6 Å². The zero-order valence-electron chi connectivity index (χ0n) is 13.7. The van der Waals surface area contributed by atoms with Gasteiger partial charge < -0.3 is 25.4 Å². The van der Waals surface area contributed by atoms with E-state index < -0.39 is 30.6 Å². The molecule has 2 aromatic rings. The second-order valence-corrected chi connectivity index (χ2v) is 5.96. The van der Waals surface area contributed by atoms with E-state index in [1.807, 2.05) is 30.3 Å². The van der Waals surface area contributed by atoms with Crippen LogP contribution in [0.5, 0.6) is 0 Å². The van der Waals surface area contributed by atoms with Crippen molar-refractivity contribution in [2.75, 3.05) is 5.32 Å². The molecule has 3 rings (SSSR count). The van der Waals surface area contributed by atoms with Crippen molar-refractivity contribution >= 4 is 17.1 Å². The Morgan fingerprint density at radius 2 is 1.40 bits per heavy atom. The van der Waals surface area contributed by atoms with Gasteiger partial charge in [0.2, 0.25) is 0 Å². The number of rotatable bonds is 4. The minimum atomic E-state index is -1.26. The molecule has 1 aliphatic heterocycles. The largest absolute Gasteiger partial charge is 0.388 e. The lowest BCUT2D eigenvalue weighted by atomic mass is 9.99. The molecule has 5 atom stereocenters. The Bertz CT molecular complexity index is 708. The first-order valence-electron chi connectivity index (χ1n) is 8.07. The molecule has 7 heteroatoms. The Balaban J connectivity index is 1.64. The smallest absolute Gasteiger partial charge is 0.157 e. The Kier molecular flexibility index (Phi) is 5.40. The Hall–Kier alpha value is -2.32. The summed E-state index contributed by atoms with van der Waals surface area (Å²) in [7, 11) is 0. The molecule has 1 fully saturated rings. The summed E-state index contributed by atoms with van der Waals surface area (Å²) >= 11 is 0. The zero-order chi connectivity index (χ0) is 17.8. The van der Waals surface area contributed by atoms with Crippen molar-refractivity contribution in [3.8, 4) is 0 Å². The van der Waals surface area contributed by atoms with Gasteiger partial charge in [-0.25, -0.2) is 0 Å². The minimum Gasteiger partial charge on any atom is -0.388 e. The van der Waals surface area contributed by atoms with E-state index in [4.69, 9.17) is 4.74 Å². The Morgan fingerprint density at radius 3 is 2.04 bits per heavy atom. The van der Waals surface area contributed by atoms with E-state index in [1.165, 1.54) is 0 Å². The minimum absolute atomic E-state index is 0.588. The van der Waals surface area contributed by atoms with E-state index in [1.54, 1.807) is 31.2 Å². The monoisotopic (exact) mass is 343 g/mol. The van der Waals surface area contributed by atoms with Crippen LogP contribution in [0.3, 0.4) is 0 Å². The second-order valence-electron chi connectivity index (χ2n) is 5.96. The summed E-state index contributed by atoms with van der Waals surface area (Å²) in [5.41, 5.74) is 2.15. The van der Waals surface area contributed by atoms with E-state index in [9.17, 15) is 15.3 Å². The lowest BCUT2D eigenvalue weighted by Gasteiger charge is -2.39. The molecule has 4 N–H and O–H groups in total. The topological polar surface area (TPSA) is 107 Å². The summed E-state index contributed by atoms with van der Waals surface area (Å²) in [5, 5.41) is 40.9. The maximum atomic E-state index is 10.0. The standard InChI is InChI=1S/C18H21N3O4/c1-11-15(22)16(23)17(24)18(25-11)19-12-7-9-14(10-8-12)21-20-13-5-3-2-4-6-13/h2-11,15-19,22-24H,1H3/t11-,15+,16+,17+,18-/m1/s1. The first-order valence-corrected chi connectivity index (χ1v) is 8.07. The molecule has 132 valence electrons. The lowest BCUT2D eigenvalue weighted by Crippen LogP contribution is -2.58. The number of azo groups is 1. The molecular weight excluding hydrogens is 322 g/mol. The number of ether oxygens (including phenoxy) is 1. The van der Waals surface area contributed by atoms with E-state index in [2.05, 4.69) is 15.5 Å². The van der Waals surface area contributed by atoms with Crippen LogP contribution in [0.15, 0.2) is 64.8 Å². The first kappa shape index (κ1) is 17.5. The highest BCUT2D eigenvalue weighted by atomic mass is 16.5. The van der Waals surface area contributed by atoms with Gasteiger partial charge in [-0.1, -0.05) is 18.2 Å². The van der Waals surface area contributed by atoms with Crippen LogP contribution in [-0.2, 0) is 4.74 Å². The number of nitrogens with zero attached hydrogens (tertiary/aromatic N) is 2. The molecular formula is C18H21N3O4. The fourth-order valence-corrected chi connectivity index (χ4v) is 2.57. The van der Waals surface area contributed by atoms with E-state index in [0.29, 0.717) is 11.4 Å². The van der Waals surface area contributed by atoms with Gasteiger partial charge in [0.25, 0.3) is 0 Å². The molecule has 1 saturated heterocycles. The predicted molar refractivity (Wildman–Crippen MR) is 93.0 cm³/mol. The van der Waals surface area contributed by atoms with Gasteiger partial charge in [0.1, 0.15) is 18.3 Å². The molecule has 0 aliphatic carbocycles. The number of aliphatic hydroxyl groups excluding tert-OH is 3. The summed E-state index contributed by atoms with van der Waals surface area (Å²) in [5.74, 6) is 0. The molecule has 0 radical (unpaired) electrons. The molecule has 0 amide bonds. The molecule has 1 heterocycles. The normalized spacial score (nSPS) is 29.7. The van der Waals surface area contributed by atoms with Crippen LogP contribution in [-0.4, -0.2) is 46.0 Å². The fraction of sp³-hybridized carbons (Fsp3) is 0.333. The molecule has 0 bridgehead atoms. The van der Waals surface area contributed by atoms with Gasteiger partial charge >= 0.3 is 0 Å². The highest BCUT2D eigenvalue weighted by Crippen LogP contribution is 2.24. The van der Waals surface area contributed by atoms with Crippen LogP contribution in [0, 0.1) is 0 Å². The van der Waals surface area contributed by atoms with E-state index in [-0.39, 0.29) is 0 Å². The Morgan fingerprint density at radius 1 is 0.800 bits per heavy atom. The highest BCUT2D eigenvalue weighted by molar-refractivity contribution is 5.51. The quantitative estimate of drug-likeness (QED) is 0.638. The van der Waals surface area contributed by atoms with Crippen LogP contribution in [0.4, 0.5) is 17.1 Å². The van der Waals surface area contributed by atoms with Crippen LogP contribution < -0.4 is 5.32 Å². The van der Waals surface area contributed by atoms with E-state index >= 15 is 0 Å². The fourth-order valence-electron chi connectivity index (χ4n) is 2.57. The van der Waals surface area contributed by atoms with Gasteiger partial charge in [-0.3, -0.25) is 0 Å². The van der Waals surface area contributed by atoms with Crippen LogP contribution in [0.1, 0.15) is 6.92 Å². The number of nitrogens with one attached hydrogen (secondary N) is 1. The summed E-state index contributed by atoms with van der Waals surface area (Å²) in [6.07, 6.45) is -5.02. The maximum absolute atomic E-state index is 10.0. The van der Waals surface area contributed by atoms with Gasteiger partial charge in [0.15, 0.2) is 6.23 Å². The highest BCUT2D eigenvalue weighted by Gasteiger charge is 2.41. The summed E-state index contributed by atoms with van der Waals surface area (Å²) in [6.45, 7) is 1.64. The van der Waals surface area contributed by atoms with Gasteiger partial charge in [-0.2, -0.15) is 10.2 Å². The number of anilines is 1. The molecule has 0 unspecified atom stereocenters. The summed E-state index contributed by atoms with van der Waals surface area (Å²) in [6, 6.07) is 16.5. The van der Waals surface area contributed by atoms with Gasteiger partial charge in [-0.15, -0.1) is 0 Å². The first-order chi connectivity index (χ1) is 12.0. The van der Waals surface area contributed by atoms with Crippen molar-refractivity contribution in [2.24, 2.45) is 10.2 Å². The third-order valence-electron chi connectivity index (χ3n) is 4.07. The Labute approximate surface area is 145 Å². The van der Waals surface area contributed by atoms with Crippen LogP contribution in [0.25, 0.3) is 0 Å². The van der Waals surface area contributed by atoms with Crippen molar-refractivity contribution in [1.82, 2.24) is 0 Å². The molecule has 7 nitrogen and oxygen atoms in total. The third-order valence-corrected chi connectivity index (χ3v) is 4.07. The number of aliphatic hydroxyl groups is 3. The van der Waals surface area contributed by atoms with Crippen molar-refractivity contribution in [1.29, 1.82) is 0 Å². The molecule has 0 saturated carbocycles. The maximum Gasteiger partial charge on any atom is 0.157 e. The van der Waals surface area contributed by atoms with E-state index in [0.717, 1.165) is 5.69 Å². The molecule has 25 heavy (non-hydrogen) atoms. The summed E-state index contributed by atoms with van der Waals surface area (Å²) < 4.78 is 5.51. The zero-order valence-corrected chi connectivity index (χ0v) is 13.7. The average Bonchev–Trinajstić information content (AvgIpc) is 2.64. The second kappa shape index (κ2) is 7.71. The summed E-state index contributed by atoms with van der Waals surface area (Å²) in [4.78, 5) is 0. The molecule has 0 spiro atoms. The average molecular weight is 343 g/mol. The third kappa shape index (κ3) is 4.21. The van der Waals surface area contributed by atoms with Gasteiger partial charge in [-0.05, 0) is 43.3 Å². The molecule has 2 aromatic carbocycles. The lowest BCUT2D eigenvalue weighted by molar-refractivity contribution is -0.209. The SMILES string of the molecule is C[C@H]1O[C@@H](Nc2ccc(N=Nc3ccccc3)cc2)[C@@H](O)[C@@H](O)[C@H]1O. The number of hydrogen-bond acceptors (Lipinski definition) is 7. The van der Waals surface area contributed by atoms with Crippen molar-refractivity contribution in [3.63, 3.8) is 0 Å². The molecule has 1 aliphatic rings. The van der Waals surface area contributed by atoms with Crippen LogP contribution >= 0.6 is 0 Å². The predicted octanol–water partition coefficient (Wildman–Crippen LogP) is 2.34. The number of hydrogen-bond donors (Lipinski definition) is 4.